The summed E-state index contributed by atoms with van der Waals surface area (Å²) in [6.07, 6.45) is -2.19. The van der Waals surface area contributed by atoms with E-state index in [9.17, 15) is 32.3 Å². The van der Waals surface area contributed by atoms with E-state index in [0.717, 1.165) is 22.3 Å². The first-order valence-corrected chi connectivity index (χ1v) is 11.9. The highest BCUT2D eigenvalue weighted by Gasteiger charge is 2.35. The van der Waals surface area contributed by atoms with Gasteiger partial charge in [0.15, 0.2) is 16.9 Å². The number of Topliss-reactive ketones (excluding diaryl/α,β-unsaturated/α-hetero) is 1. The fourth-order valence-corrected chi connectivity index (χ4v) is 3.99. The summed E-state index contributed by atoms with van der Waals surface area (Å²) >= 11 is 0. The molecular formula is C25H24F3N7O5. The van der Waals surface area contributed by atoms with Gasteiger partial charge in [0, 0.05) is 25.2 Å². The average Bonchev–Trinajstić information content (AvgIpc) is 3.38. The van der Waals surface area contributed by atoms with Gasteiger partial charge in [-0.05, 0) is 25.1 Å². The molecule has 4 rings (SSSR count). The molecule has 0 saturated carbocycles. The normalized spacial score (nSPS) is 12.4. The molecule has 15 heteroatoms. The van der Waals surface area contributed by atoms with Crippen LogP contribution in [-0.4, -0.2) is 47.5 Å². The number of hydrogen-bond acceptors (Lipinski definition) is 8. The second-order valence-corrected chi connectivity index (χ2v) is 8.80. The van der Waals surface area contributed by atoms with Crippen molar-refractivity contribution in [1.29, 1.82) is 0 Å². The van der Waals surface area contributed by atoms with Gasteiger partial charge in [-0.15, -0.1) is 0 Å². The summed E-state index contributed by atoms with van der Waals surface area (Å²) < 4.78 is 48.2. The summed E-state index contributed by atoms with van der Waals surface area (Å²) in [6.45, 7) is 2.67. The molecule has 1 unspecified atom stereocenters. The van der Waals surface area contributed by atoms with Crippen molar-refractivity contribution in [1.82, 2.24) is 28.7 Å². The van der Waals surface area contributed by atoms with Gasteiger partial charge in [0.2, 0.25) is 11.8 Å². The van der Waals surface area contributed by atoms with Crippen molar-refractivity contribution in [3.05, 3.63) is 63.2 Å². The van der Waals surface area contributed by atoms with Gasteiger partial charge in [-0.3, -0.25) is 23.5 Å². The number of ether oxygens (including phenoxy) is 1. The van der Waals surface area contributed by atoms with E-state index in [4.69, 9.17) is 4.74 Å². The zero-order valence-corrected chi connectivity index (χ0v) is 21.8. The van der Waals surface area contributed by atoms with Crippen LogP contribution in [0.1, 0.15) is 31.9 Å². The number of methoxy groups -OCH3 is 1. The van der Waals surface area contributed by atoms with Crippen molar-refractivity contribution in [2.24, 2.45) is 7.05 Å². The maximum atomic E-state index is 13.4. The number of halogens is 3. The molecule has 4 aromatic heterocycles. The first kappa shape index (κ1) is 28.2. The molecule has 4 aromatic rings. The number of aromatic nitrogens is 6. The number of ketones is 1. The van der Waals surface area contributed by atoms with E-state index >= 15 is 0 Å². The van der Waals surface area contributed by atoms with Gasteiger partial charge in [-0.1, -0.05) is 13.0 Å². The van der Waals surface area contributed by atoms with Crippen molar-refractivity contribution < 1.29 is 27.5 Å². The lowest BCUT2D eigenvalue weighted by Gasteiger charge is -2.16. The van der Waals surface area contributed by atoms with Crippen LogP contribution in [0, 0.1) is 0 Å². The standard InChI is InChI=1S/C25H24F3N7O5/c1-5-15(36)11-34-23(38)19-20(33(3)24(34)39)30-12-35(19)13(2)21(37)32-18-8-6-7-17(31-18)14-9-16(25(26,27)28)22(40-4)29-10-14/h6-10,12-13H,5,11H2,1-4H3,(H,31,32,37). The van der Waals surface area contributed by atoms with Gasteiger partial charge in [-0.2, -0.15) is 13.2 Å². The van der Waals surface area contributed by atoms with E-state index in [1.165, 1.54) is 49.3 Å². The molecule has 0 aliphatic carbocycles. The minimum absolute atomic E-state index is 0.0292. The van der Waals surface area contributed by atoms with E-state index in [2.05, 4.69) is 20.3 Å². The average molecular weight is 560 g/mol. The van der Waals surface area contributed by atoms with Crippen LogP contribution >= 0.6 is 0 Å². The van der Waals surface area contributed by atoms with Crippen LogP contribution in [0.15, 0.2) is 46.4 Å². The van der Waals surface area contributed by atoms with Gasteiger partial charge in [0.05, 0.1) is 25.7 Å². The number of rotatable bonds is 8. The Morgan fingerprint density at radius 2 is 1.90 bits per heavy atom. The minimum Gasteiger partial charge on any atom is -0.481 e. The third-order valence-corrected chi connectivity index (χ3v) is 6.23. The Morgan fingerprint density at radius 3 is 2.55 bits per heavy atom. The van der Waals surface area contributed by atoms with E-state index in [-0.39, 0.29) is 40.4 Å². The van der Waals surface area contributed by atoms with Crippen LogP contribution in [0.25, 0.3) is 22.4 Å². The summed E-state index contributed by atoms with van der Waals surface area (Å²) in [5.41, 5.74) is -2.44. The molecule has 0 radical (unpaired) electrons. The second-order valence-electron chi connectivity index (χ2n) is 8.80. The van der Waals surface area contributed by atoms with Crippen LogP contribution in [0.3, 0.4) is 0 Å². The number of nitrogens with one attached hydrogen (secondary N) is 1. The molecule has 0 bridgehead atoms. The smallest absolute Gasteiger partial charge is 0.421 e. The monoisotopic (exact) mass is 559 g/mol. The van der Waals surface area contributed by atoms with Gasteiger partial charge in [0.25, 0.3) is 5.56 Å². The highest BCUT2D eigenvalue weighted by Crippen LogP contribution is 2.37. The number of amides is 1. The molecular weight excluding hydrogens is 535 g/mol. The molecule has 0 spiro atoms. The van der Waals surface area contributed by atoms with Crippen molar-refractivity contribution in [2.75, 3.05) is 12.4 Å². The van der Waals surface area contributed by atoms with E-state index in [1.807, 2.05) is 0 Å². The topological polar surface area (TPSA) is 143 Å². The molecule has 1 N–H and O–H groups in total. The van der Waals surface area contributed by atoms with Crippen LogP contribution in [0.2, 0.25) is 0 Å². The Balaban J connectivity index is 1.66. The number of imidazole rings is 1. The summed E-state index contributed by atoms with van der Waals surface area (Å²) in [5.74, 6) is -1.51. The highest BCUT2D eigenvalue weighted by molar-refractivity contribution is 5.93. The third kappa shape index (κ3) is 5.21. The Labute approximate surface area is 224 Å². The van der Waals surface area contributed by atoms with Crippen molar-refractivity contribution in [2.45, 2.75) is 39.0 Å². The maximum absolute atomic E-state index is 13.4. The Kier molecular flexibility index (Phi) is 7.57. The van der Waals surface area contributed by atoms with Crippen molar-refractivity contribution in [3.8, 4) is 17.1 Å². The summed E-state index contributed by atoms with van der Waals surface area (Å²) in [4.78, 5) is 63.0. The summed E-state index contributed by atoms with van der Waals surface area (Å²) in [6, 6.07) is 4.20. The zero-order valence-electron chi connectivity index (χ0n) is 21.8. The number of carbonyl (C=O) groups is 2. The van der Waals surface area contributed by atoms with E-state index < -0.39 is 47.4 Å². The Hall–Kier alpha value is -4.82. The number of pyridine rings is 2. The van der Waals surface area contributed by atoms with Crippen molar-refractivity contribution in [3.63, 3.8) is 0 Å². The fourth-order valence-electron chi connectivity index (χ4n) is 3.99. The van der Waals surface area contributed by atoms with Crippen LogP contribution in [-0.2, 0) is 29.4 Å². The van der Waals surface area contributed by atoms with Gasteiger partial charge in [-0.25, -0.2) is 19.7 Å². The minimum atomic E-state index is -4.71. The van der Waals surface area contributed by atoms with E-state index in [0.29, 0.717) is 0 Å². The first-order chi connectivity index (χ1) is 18.9. The lowest BCUT2D eigenvalue weighted by Crippen LogP contribution is -2.41. The number of aryl methyl sites for hydroxylation is 1. The predicted octanol–water partition coefficient (Wildman–Crippen LogP) is 2.56. The largest absolute Gasteiger partial charge is 0.481 e. The molecule has 0 fully saturated rings. The molecule has 4 heterocycles. The number of hydrogen-bond donors (Lipinski definition) is 1. The molecule has 0 aliphatic rings. The molecule has 12 nitrogen and oxygen atoms in total. The summed E-state index contributed by atoms with van der Waals surface area (Å²) in [7, 11) is 2.47. The molecule has 0 saturated heterocycles. The SMILES string of the molecule is CCC(=O)Cn1c(=O)c2c(ncn2C(C)C(=O)Nc2cccc(-c3cnc(OC)c(C(F)(F)F)c3)n2)n(C)c1=O. The number of alkyl halides is 3. The van der Waals surface area contributed by atoms with Crippen LogP contribution in [0.5, 0.6) is 5.88 Å². The zero-order chi connectivity index (χ0) is 29.4. The molecule has 1 amide bonds. The van der Waals surface area contributed by atoms with Gasteiger partial charge >= 0.3 is 11.9 Å². The molecule has 40 heavy (non-hydrogen) atoms. The summed E-state index contributed by atoms with van der Waals surface area (Å²) in [5, 5.41) is 2.58. The van der Waals surface area contributed by atoms with E-state index in [1.54, 1.807) is 6.92 Å². The lowest BCUT2D eigenvalue weighted by molar-refractivity contribution is -0.139. The predicted molar refractivity (Wildman–Crippen MR) is 137 cm³/mol. The number of nitrogens with zero attached hydrogens (tertiary/aromatic N) is 6. The maximum Gasteiger partial charge on any atom is 0.421 e. The first-order valence-electron chi connectivity index (χ1n) is 11.9. The molecule has 0 aromatic carbocycles. The highest BCUT2D eigenvalue weighted by atomic mass is 19.4. The second kappa shape index (κ2) is 10.7. The molecule has 1 atom stereocenters. The van der Waals surface area contributed by atoms with Crippen LogP contribution < -0.4 is 21.3 Å². The Bertz CT molecular complexity index is 1740. The Morgan fingerprint density at radius 1 is 1.18 bits per heavy atom. The lowest BCUT2D eigenvalue weighted by atomic mass is 10.1. The van der Waals surface area contributed by atoms with Gasteiger partial charge in [0.1, 0.15) is 17.4 Å². The van der Waals surface area contributed by atoms with Crippen molar-refractivity contribution >= 4 is 28.7 Å². The quantitative estimate of drug-likeness (QED) is 0.347. The number of carbonyl (C=O) groups excluding carboxylic acids is 2. The fraction of sp³-hybridized carbons (Fsp3) is 0.320. The van der Waals surface area contributed by atoms with Gasteiger partial charge < -0.3 is 14.6 Å². The number of fused-ring (bicyclic) bond motifs is 1. The number of anilines is 1. The van der Waals surface area contributed by atoms with Crippen LogP contribution in [0.4, 0.5) is 19.0 Å². The third-order valence-electron chi connectivity index (χ3n) is 6.23. The molecule has 210 valence electrons. The molecule has 0 aliphatic heterocycles.